The van der Waals surface area contributed by atoms with Crippen LogP contribution in [0.5, 0.6) is 0 Å². The molecule has 1 atom stereocenters. The van der Waals surface area contributed by atoms with Crippen molar-refractivity contribution in [1.82, 2.24) is 0 Å². The number of allylic oxidation sites excluding steroid dienone is 2. The van der Waals surface area contributed by atoms with Gasteiger partial charge in [-0.05, 0) is 6.08 Å². The van der Waals surface area contributed by atoms with Crippen LogP contribution in [-0.4, -0.2) is 29.3 Å². The second kappa shape index (κ2) is 6.44. The zero-order chi connectivity index (χ0) is 16.2. The predicted octanol–water partition coefficient (Wildman–Crippen LogP) is 2.33. The molecule has 114 valence electrons. The monoisotopic (exact) mass is 301 g/mol. The molecule has 0 saturated carbocycles. The summed E-state index contributed by atoms with van der Waals surface area (Å²) in [6, 6.07) is 8.52. The summed E-state index contributed by atoms with van der Waals surface area (Å²) in [7, 11) is 1.24. The first-order valence-electron chi connectivity index (χ1n) is 6.69. The molecule has 0 bridgehead atoms. The molecule has 1 aromatic rings. The van der Waals surface area contributed by atoms with E-state index in [0.29, 0.717) is 11.1 Å². The molecule has 0 fully saturated rings. The number of carbonyl (C=O) groups excluding carboxylic acids is 2. The number of ether oxygens (including phenoxy) is 1. The van der Waals surface area contributed by atoms with Crippen LogP contribution in [-0.2, 0) is 9.53 Å². The van der Waals surface area contributed by atoms with E-state index >= 15 is 0 Å². The van der Waals surface area contributed by atoms with Gasteiger partial charge in [-0.25, -0.2) is 0 Å². The van der Waals surface area contributed by atoms with Crippen LogP contribution in [0.3, 0.4) is 0 Å². The lowest BCUT2D eigenvalue weighted by molar-refractivity contribution is -0.610. The van der Waals surface area contributed by atoms with Crippen molar-refractivity contribution in [3.05, 3.63) is 69.8 Å². The average molecular weight is 301 g/mol. The summed E-state index contributed by atoms with van der Waals surface area (Å²) in [4.78, 5) is 34.5. The number of rotatable bonds is 6. The molecule has 0 N–H and O–H groups in total. The van der Waals surface area contributed by atoms with Crippen molar-refractivity contribution < 1.29 is 19.2 Å². The van der Waals surface area contributed by atoms with E-state index in [4.69, 9.17) is 4.74 Å². The van der Waals surface area contributed by atoms with Gasteiger partial charge in [0.2, 0.25) is 0 Å². The van der Waals surface area contributed by atoms with E-state index in [-0.39, 0.29) is 24.4 Å². The smallest absolute Gasteiger partial charge is 0.315 e. The molecular formula is C16H15NO5. The van der Waals surface area contributed by atoms with Crippen LogP contribution in [0.4, 0.5) is 0 Å². The van der Waals surface area contributed by atoms with E-state index in [1.54, 1.807) is 30.3 Å². The third-order valence-corrected chi connectivity index (χ3v) is 3.54. The average Bonchev–Trinajstić information content (AvgIpc) is 2.55. The Hall–Kier alpha value is -2.60. The number of nitrogens with zero attached hydrogens (tertiary/aromatic N) is 1. The summed E-state index contributed by atoms with van der Waals surface area (Å²) in [5, 5.41) is 11.0. The van der Waals surface area contributed by atoms with E-state index in [2.05, 4.69) is 0 Å². The Labute approximate surface area is 127 Å². The van der Waals surface area contributed by atoms with Crippen molar-refractivity contribution in [3.8, 4) is 0 Å². The SMILES string of the molecule is COC1([N+](=O)[O-])C=CC(C(=O)CC(=O)c2ccccc2)=CC1. The Kier molecular flexibility index (Phi) is 4.62. The normalized spacial score (nSPS) is 20.3. The first-order chi connectivity index (χ1) is 10.5. The summed E-state index contributed by atoms with van der Waals surface area (Å²) in [6.07, 6.45) is 3.71. The molecule has 2 rings (SSSR count). The maximum atomic E-state index is 12.1. The van der Waals surface area contributed by atoms with E-state index in [1.165, 1.54) is 25.3 Å². The molecule has 0 heterocycles. The Morgan fingerprint density at radius 3 is 2.45 bits per heavy atom. The first-order valence-corrected chi connectivity index (χ1v) is 6.69. The van der Waals surface area contributed by atoms with Crippen molar-refractivity contribution in [2.45, 2.75) is 18.6 Å². The number of benzene rings is 1. The van der Waals surface area contributed by atoms with Crippen LogP contribution < -0.4 is 0 Å². The standard InChI is InChI=1S/C16H15NO5/c1-22-16(17(20)21)9-7-13(8-10-16)15(19)11-14(18)12-5-3-2-4-6-12/h2-9H,10-11H2,1H3. The minimum Gasteiger partial charge on any atom is -0.315 e. The fourth-order valence-electron chi connectivity index (χ4n) is 2.15. The molecule has 1 aliphatic carbocycles. The van der Waals surface area contributed by atoms with Gasteiger partial charge in [0, 0.05) is 24.3 Å². The molecule has 1 aromatic carbocycles. The Bertz CT molecular complexity index is 662. The Balaban J connectivity index is 2.05. The van der Waals surface area contributed by atoms with E-state index in [9.17, 15) is 19.7 Å². The maximum absolute atomic E-state index is 12.1. The van der Waals surface area contributed by atoms with Gasteiger partial charge in [-0.15, -0.1) is 0 Å². The topological polar surface area (TPSA) is 86.5 Å². The van der Waals surface area contributed by atoms with Gasteiger partial charge in [0.1, 0.15) is 0 Å². The van der Waals surface area contributed by atoms with Gasteiger partial charge < -0.3 is 4.74 Å². The molecular weight excluding hydrogens is 286 g/mol. The first kappa shape index (κ1) is 15.8. The zero-order valence-electron chi connectivity index (χ0n) is 12.0. The van der Waals surface area contributed by atoms with E-state index < -0.39 is 10.6 Å². The number of Topliss-reactive ketones (excluding diaryl/α,β-unsaturated/α-hetero) is 2. The van der Waals surface area contributed by atoms with Crippen LogP contribution in [0.2, 0.25) is 0 Å². The minimum atomic E-state index is -1.63. The molecule has 0 saturated heterocycles. The van der Waals surface area contributed by atoms with Gasteiger partial charge in [0.25, 0.3) is 0 Å². The number of hydrogen-bond donors (Lipinski definition) is 0. The fraction of sp³-hybridized carbons (Fsp3) is 0.250. The largest absolute Gasteiger partial charge is 0.348 e. The van der Waals surface area contributed by atoms with Crippen molar-refractivity contribution in [2.75, 3.05) is 7.11 Å². The highest BCUT2D eigenvalue weighted by Crippen LogP contribution is 2.26. The molecule has 0 spiro atoms. The number of ketones is 2. The second-order valence-corrected chi connectivity index (χ2v) is 4.89. The minimum absolute atomic E-state index is 0.0480. The highest BCUT2D eigenvalue weighted by molar-refractivity contribution is 6.14. The van der Waals surface area contributed by atoms with Gasteiger partial charge in [0.05, 0.1) is 17.8 Å². The highest BCUT2D eigenvalue weighted by atomic mass is 16.7. The lowest BCUT2D eigenvalue weighted by Gasteiger charge is -2.21. The van der Waals surface area contributed by atoms with Gasteiger partial charge in [-0.1, -0.05) is 36.4 Å². The van der Waals surface area contributed by atoms with E-state index in [0.717, 1.165) is 0 Å². The molecule has 0 aromatic heterocycles. The molecule has 0 radical (unpaired) electrons. The lowest BCUT2D eigenvalue weighted by atomic mass is 9.94. The third kappa shape index (κ3) is 3.17. The summed E-state index contributed by atoms with van der Waals surface area (Å²) >= 11 is 0. The molecule has 0 amide bonds. The van der Waals surface area contributed by atoms with Crippen molar-refractivity contribution in [3.63, 3.8) is 0 Å². The second-order valence-electron chi connectivity index (χ2n) is 4.89. The maximum Gasteiger partial charge on any atom is 0.348 e. The van der Waals surface area contributed by atoms with Gasteiger partial charge >= 0.3 is 5.72 Å². The number of nitro groups is 1. The summed E-state index contributed by atoms with van der Waals surface area (Å²) in [5.74, 6) is -0.643. The molecule has 1 aliphatic rings. The van der Waals surface area contributed by atoms with Crippen LogP contribution in [0.15, 0.2) is 54.1 Å². The molecule has 6 nitrogen and oxygen atoms in total. The lowest BCUT2D eigenvalue weighted by Crippen LogP contribution is -2.39. The number of carbonyl (C=O) groups is 2. The zero-order valence-corrected chi connectivity index (χ0v) is 12.0. The summed E-state index contributed by atoms with van der Waals surface area (Å²) in [6.45, 7) is 0. The van der Waals surface area contributed by atoms with E-state index in [1.807, 2.05) is 0 Å². The molecule has 22 heavy (non-hydrogen) atoms. The number of hydrogen-bond acceptors (Lipinski definition) is 5. The van der Waals surface area contributed by atoms with Gasteiger partial charge in [-0.3, -0.25) is 19.7 Å². The highest BCUT2D eigenvalue weighted by Gasteiger charge is 2.41. The van der Waals surface area contributed by atoms with Crippen molar-refractivity contribution in [2.24, 2.45) is 0 Å². The van der Waals surface area contributed by atoms with Gasteiger partial charge in [-0.2, -0.15) is 0 Å². The quantitative estimate of drug-likeness (QED) is 0.264. The van der Waals surface area contributed by atoms with Crippen LogP contribution in [0.25, 0.3) is 0 Å². The van der Waals surface area contributed by atoms with Crippen LogP contribution in [0.1, 0.15) is 23.2 Å². The van der Waals surface area contributed by atoms with Crippen molar-refractivity contribution >= 4 is 11.6 Å². The molecule has 1 unspecified atom stereocenters. The molecule has 6 heteroatoms. The Morgan fingerprint density at radius 1 is 1.27 bits per heavy atom. The molecule has 0 aliphatic heterocycles. The predicted molar refractivity (Wildman–Crippen MR) is 79.0 cm³/mol. The van der Waals surface area contributed by atoms with Crippen LogP contribution in [0, 0.1) is 10.1 Å². The third-order valence-electron chi connectivity index (χ3n) is 3.54. The van der Waals surface area contributed by atoms with Crippen molar-refractivity contribution in [1.29, 1.82) is 0 Å². The number of methoxy groups -OCH3 is 1. The van der Waals surface area contributed by atoms with Gasteiger partial charge in [0.15, 0.2) is 11.6 Å². The van der Waals surface area contributed by atoms with Crippen LogP contribution >= 0.6 is 0 Å². The fourth-order valence-corrected chi connectivity index (χ4v) is 2.15. The summed E-state index contributed by atoms with van der Waals surface area (Å²) in [5.41, 5.74) is -0.876. The Morgan fingerprint density at radius 2 is 1.95 bits per heavy atom. The summed E-state index contributed by atoms with van der Waals surface area (Å²) < 4.78 is 4.91.